The number of hydrogen-bond donors (Lipinski definition) is 2. The lowest BCUT2D eigenvalue weighted by atomic mass is 10.1. The minimum absolute atomic E-state index is 0.0373. The molecule has 0 aliphatic heterocycles. The summed E-state index contributed by atoms with van der Waals surface area (Å²) in [5, 5.41) is 13.5. The smallest absolute Gasteiger partial charge is 0.292 e. The molecule has 0 saturated heterocycles. The van der Waals surface area contributed by atoms with Gasteiger partial charge in [0.05, 0.1) is 4.92 Å². The Kier molecular flexibility index (Phi) is 4.18. The van der Waals surface area contributed by atoms with E-state index in [1.165, 1.54) is 18.2 Å². The first-order chi connectivity index (χ1) is 9.97. The zero-order valence-corrected chi connectivity index (χ0v) is 11.5. The Balaban J connectivity index is 2.10. The summed E-state index contributed by atoms with van der Waals surface area (Å²) < 4.78 is 0. The van der Waals surface area contributed by atoms with Crippen LogP contribution in [0, 0.1) is 17.0 Å². The van der Waals surface area contributed by atoms with Crippen molar-refractivity contribution in [2.45, 2.75) is 13.5 Å². The number of benzene rings is 2. The maximum atomic E-state index is 12.0. The molecule has 6 heteroatoms. The van der Waals surface area contributed by atoms with Crippen LogP contribution in [0.3, 0.4) is 0 Å². The minimum atomic E-state index is -0.604. The molecule has 108 valence electrons. The number of nitro groups is 1. The number of nitrogens with two attached hydrogens (primary N) is 1. The summed E-state index contributed by atoms with van der Waals surface area (Å²) in [6.07, 6.45) is 0. The fraction of sp³-hybridized carbons (Fsp3) is 0.133. The van der Waals surface area contributed by atoms with Crippen molar-refractivity contribution in [1.29, 1.82) is 0 Å². The van der Waals surface area contributed by atoms with E-state index >= 15 is 0 Å². The highest BCUT2D eigenvalue weighted by Crippen LogP contribution is 2.22. The van der Waals surface area contributed by atoms with Crippen molar-refractivity contribution < 1.29 is 9.72 Å². The van der Waals surface area contributed by atoms with Gasteiger partial charge in [0.25, 0.3) is 11.6 Å². The molecule has 2 aromatic rings. The fourth-order valence-corrected chi connectivity index (χ4v) is 1.95. The van der Waals surface area contributed by atoms with Crippen LogP contribution in [0.2, 0.25) is 0 Å². The van der Waals surface area contributed by atoms with E-state index in [1.807, 2.05) is 31.2 Å². The zero-order valence-electron chi connectivity index (χ0n) is 11.5. The van der Waals surface area contributed by atoms with Gasteiger partial charge in [0, 0.05) is 18.2 Å². The number of nitro benzene ring substituents is 1. The third-order valence-corrected chi connectivity index (χ3v) is 3.02. The first-order valence-corrected chi connectivity index (χ1v) is 6.35. The summed E-state index contributed by atoms with van der Waals surface area (Å²) in [7, 11) is 0. The average Bonchev–Trinajstić information content (AvgIpc) is 2.45. The Labute approximate surface area is 121 Å². The van der Waals surface area contributed by atoms with E-state index in [0.29, 0.717) is 6.54 Å². The third-order valence-electron chi connectivity index (χ3n) is 3.02. The van der Waals surface area contributed by atoms with Crippen LogP contribution in [-0.2, 0) is 6.54 Å². The Morgan fingerprint density at radius 3 is 2.71 bits per heavy atom. The number of nitrogens with zero attached hydrogens (tertiary/aromatic N) is 1. The summed E-state index contributed by atoms with van der Waals surface area (Å²) in [6.45, 7) is 2.33. The predicted octanol–water partition coefficient (Wildman–Crippen LogP) is 2.42. The van der Waals surface area contributed by atoms with Gasteiger partial charge in [-0.25, -0.2) is 0 Å². The zero-order chi connectivity index (χ0) is 15.4. The highest BCUT2D eigenvalue weighted by molar-refractivity contribution is 5.95. The van der Waals surface area contributed by atoms with Crippen LogP contribution in [0.5, 0.6) is 0 Å². The summed E-state index contributed by atoms with van der Waals surface area (Å²) in [5.74, 6) is -0.375. The first-order valence-electron chi connectivity index (χ1n) is 6.35. The molecular weight excluding hydrogens is 270 g/mol. The van der Waals surface area contributed by atoms with Crippen molar-refractivity contribution in [3.8, 4) is 0 Å². The van der Waals surface area contributed by atoms with Crippen molar-refractivity contribution >= 4 is 17.3 Å². The Morgan fingerprint density at radius 2 is 2.05 bits per heavy atom. The van der Waals surface area contributed by atoms with Gasteiger partial charge in [-0.3, -0.25) is 14.9 Å². The molecule has 0 heterocycles. The maximum absolute atomic E-state index is 12.0. The second kappa shape index (κ2) is 6.04. The van der Waals surface area contributed by atoms with Crippen molar-refractivity contribution in [3.63, 3.8) is 0 Å². The maximum Gasteiger partial charge on any atom is 0.292 e. The lowest BCUT2D eigenvalue weighted by molar-refractivity contribution is -0.383. The normalized spacial score (nSPS) is 10.1. The lowest BCUT2D eigenvalue weighted by Gasteiger charge is -2.07. The second-order valence-corrected chi connectivity index (χ2v) is 4.70. The summed E-state index contributed by atoms with van der Waals surface area (Å²) in [4.78, 5) is 22.2. The Bertz CT molecular complexity index is 698. The topological polar surface area (TPSA) is 98.3 Å². The molecule has 2 aromatic carbocycles. The highest BCUT2D eigenvalue weighted by Gasteiger charge is 2.15. The van der Waals surface area contributed by atoms with Crippen molar-refractivity contribution in [1.82, 2.24) is 5.32 Å². The molecule has 0 bridgehead atoms. The van der Waals surface area contributed by atoms with E-state index in [-0.39, 0.29) is 22.8 Å². The molecule has 0 aliphatic rings. The number of anilines is 1. The fourth-order valence-electron chi connectivity index (χ4n) is 1.95. The number of aryl methyl sites for hydroxylation is 1. The average molecular weight is 285 g/mol. The third kappa shape index (κ3) is 3.56. The summed E-state index contributed by atoms with van der Waals surface area (Å²) >= 11 is 0. The van der Waals surface area contributed by atoms with E-state index in [9.17, 15) is 14.9 Å². The molecule has 0 spiro atoms. The minimum Gasteiger partial charge on any atom is -0.393 e. The van der Waals surface area contributed by atoms with Crippen molar-refractivity contribution in [2.24, 2.45) is 0 Å². The van der Waals surface area contributed by atoms with Gasteiger partial charge in [-0.05, 0) is 24.6 Å². The molecule has 0 aromatic heterocycles. The monoisotopic (exact) mass is 285 g/mol. The van der Waals surface area contributed by atoms with Gasteiger partial charge in [-0.1, -0.05) is 29.8 Å². The number of nitrogen functional groups attached to an aromatic ring is 1. The van der Waals surface area contributed by atoms with Crippen LogP contribution < -0.4 is 11.1 Å². The molecule has 2 rings (SSSR count). The molecule has 0 atom stereocenters. The standard InChI is InChI=1S/C15H15N3O3/c1-10-3-2-4-11(7-10)9-17-15(19)12-5-6-13(16)14(8-12)18(20)21/h2-8H,9,16H2,1H3,(H,17,19). The van der Waals surface area contributed by atoms with Gasteiger partial charge < -0.3 is 11.1 Å². The van der Waals surface area contributed by atoms with Crippen LogP contribution in [-0.4, -0.2) is 10.8 Å². The molecule has 0 saturated carbocycles. The first kappa shape index (κ1) is 14.5. The largest absolute Gasteiger partial charge is 0.393 e. The van der Waals surface area contributed by atoms with Crippen molar-refractivity contribution in [3.05, 3.63) is 69.3 Å². The van der Waals surface area contributed by atoms with E-state index in [0.717, 1.165) is 11.1 Å². The van der Waals surface area contributed by atoms with Crippen LogP contribution >= 0.6 is 0 Å². The molecule has 6 nitrogen and oxygen atoms in total. The number of carbonyl (C=O) groups is 1. The van der Waals surface area contributed by atoms with Crippen LogP contribution in [0.15, 0.2) is 42.5 Å². The molecule has 0 radical (unpaired) electrons. The molecule has 21 heavy (non-hydrogen) atoms. The summed E-state index contributed by atoms with van der Waals surface area (Å²) in [6, 6.07) is 11.7. The van der Waals surface area contributed by atoms with E-state index in [1.54, 1.807) is 0 Å². The van der Waals surface area contributed by atoms with E-state index < -0.39 is 4.92 Å². The molecule has 0 fully saturated rings. The van der Waals surface area contributed by atoms with Gasteiger partial charge in [-0.2, -0.15) is 0 Å². The number of carbonyl (C=O) groups excluding carboxylic acids is 1. The number of rotatable bonds is 4. The molecular formula is C15H15N3O3. The van der Waals surface area contributed by atoms with E-state index in [4.69, 9.17) is 5.73 Å². The second-order valence-electron chi connectivity index (χ2n) is 4.70. The van der Waals surface area contributed by atoms with Gasteiger partial charge in [0.2, 0.25) is 0 Å². The Morgan fingerprint density at radius 1 is 1.29 bits per heavy atom. The van der Waals surface area contributed by atoms with Crippen molar-refractivity contribution in [2.75, 3.05) is 5.73 Å². The van der Waals surface area contributed by atoms with Crippen LogP contribution in [0.4, 0.5) is 11.4 Å². The summed E-state index contributed by atoms with van der Waals surface area (Å²) in [5.41, 5.74) is 7.55. The molecule has 0 unspecified atom stereocenters. The van der Waals surface area contributed by atoms with Gasteiger partial charge >= 0.3 is 0 Å². The quantitative estimate of drug-likeness (QED) is 0.512. The van der Waals surface area contributed by atoms with Gasteiger partial charge in [0.15, 0.2) is 0 Å². The lowest BCUT2D eigenvalue weighted by Crippen LogP contribution is -2.23. The molecule has 3 N–H and O–H groups in total. The van der Waals surface area contributed by atoms with Crippen LogP contribution in [0.25, 0.3) is 0 Å². The van der Waals surface area contributed by atoms with Crippen LogP contribution in [0.1, 0.15) is 21.5 Å². The van der Waals surface area contributed by atoms with Gasteiger partial charge in [-0.15, -0.1) is 0 Å². The number of amides is 1. The molecule has 0 aliphatic carbocycles. The number of nitrogens with one attached hydrogen (secondary N) is 1. The highest BCUT2D eigenvalue weighted by atomic mass is 16.6. The number of hydrogen-bond acceptors (Lipinski definition) is 4. The Hall–Kier alpha value is -2.89. The SMILES string of the molecule is Cc1cccc(CNC(=O)c2ccc(N)c([N+](=O)[O-])c2)c1. The molecule has 1 amide bonds. The predicted molar refractivity (Wildman–Crippen MR) is 79.9 cm³/mol. The van der Waals surface area contributed by atoms with Gasteiger partial charge in [0.1, 0.15) is 5.69 Å². The van der Waals surface area contributed by atoms with E-state index in [2.05, 4.69) is 5.32 Å².